The Morgan fingerprint density at radius 2 is 1.88 bits per heavy atom. The van der Waals surface area contributed by atoms with Crippen molar-refractivity contribution >= 4 is 23.4 Å². The van der Waals surface area contributed by atoms with E-state index in [0.717, 1.165) is 13.1 Å². The lowest BCUT2D eigenvalue weighted by atomic mass is 10.1. The molecule has 5 heterocycles. The van der Waals surface area contributed by atoms with Crippen LogP contribution in [-0.2, 0) is 4.74 Å². The van der Waals surface area contributed by atoms with Gasteiger partial charge in [-0.2, -0.15) is 5.26 Å². The molecule has 0 amide bonds. The molecule has 1 N–H and O–H groups in total. The van der Waals surface area contributed by atoms with Gasteiger partial charge < -0.3 is 19.9 Å². The fourth-order valence-corrected chi connectivity index (χ4v) is 3.86. The maximum absolute atomic E-state index is 13.6. The summed E-state index contributed by atoms with van der Waals surface area (Å²) in [5.41, 5.74) is 2.33. The molecular formula is C22H22FN9O. The SMILES string of the molecule is N#Cc1cc(-c2ccnc(Nc3cnc(N4CCOCC4)nc3)n2)cnc1N1CC[C@H](F)C1. The highest BCUT2D eigenvalue weighted by molar-refractivity contribution is 5.67. The first kappa shape index (κ1) is 21.0. The van der Waals surface area contributed by atoms with Crippen molar-refractivity contribution in [1.29, 1.82) is 5.26 Å². The van der Waals surface area contributed by atoms with E-state index >= 15 is 0 Å². The molecule has 3 aromatic rings. The van der Waals surface area contributed by atoms with Crippen LogP contribution in [0.2, 0.25) is 0 Å². The molecule has 168 valence electrons. The first-order chi connectivity index (χ1) is 16.2. The van der Waals surface area contributed by atoms with Crippen molar-refractivity contribution in [1.82, 2.24) is 24.9 Å². The van der Waals surface area contributed by atoms with Gasteiger partial charge in [-0.05, 0) is 18.6 Å². The maximum atomic E-state index is 13.6. The van der Waals surface area contributed by atoms with E-state index in [4.69, 9.17) is 4.74 Å². The zero-order valence-corrected chi connectivity index (χ0v) is 17.9. The molecule has 10 nitrogen and oxygen atoms in total. The van der Waals surface area contributed by atoms with E-state index in [9.17, 15) is 9.65 Å². The number of nitriles is 1. The van der Waals surface area contributed by atoms with Gasteiger partial charge in [0.1, 0.15) is 18.1 Å². The molecule has 2 aliphatic rings. The number of ether oxygens (including phenoxy) is 1. The Morgan fingerprint density at radius 1 is 1.06 bits per heavy atom. The molecule has 0 spiro atoms. The van der Waals surface area contributed by atoms with E-state index in [0.29, 0.717) is 66.4 Å². The topological polar surface area (TPSA) is 116 Å². The summed E-state index contributed by atoms with van der Waals surface area (Å²) >= 11 is 0. The molecule has 1 atom stereocenters. The minimum absolute atomic E-state index is 0.259. The number of alkyl halides is 1. The highest BCUT2D eigenvalue weighted by atomic mass is 19.1. The van der Waals surface area contributed by atoms with Crippen LogP contribution in [0.3, 0.4) is 0 Å². The number of rotatable bonds is 5. The van der Waals surface area contributed by atoms with Crippen LogP contribution in [0.15, 0.2) is 36.9 Å². The number of anilines is 4. The van der Waals surface area contributed by atoms with Crippen molar-refractivity contribution in [2.45, 2.75) is 12.6 Å². The summed E-state index contributed by atoms with van der Waals surface area (Å²) < 4.78 is 18.9. The van der Waals surface area contributed by atoms with Crippen LogP contribution in [0, 0.1) is 11.3 Å². The van der Waals surface area contributed by atoms with Gasteiger partial charge >= 0.3 is 0 Å². The predicted octanol–water partition coefficient (Wildman–Crippen LogP) is 2.33. The third kappa shape index (κ3) is 4.65. The standard InChI is InChI=1S/C22H22FN9O/c23-17-2-4-32(14-17)20-15(10-24)9-16(11-26-20)19-1-3-25-21(30-19)29-18-12-27-22(28-13-18)31-5-7-33-8-6-31/h1,3,9,11-13,17H,2,4-8,14H2,(H,25,29,30)/t17-/m0/s1. The summed E-state index contributed by atoms with van der Waals surface area (Å²) in [4.78, 5) is 25.9. The first-order valence-electron chi connectivity index (χ1n) is 10.7. The van der Waals surface area contributed by atoms with Crippen LogP contribution < -0.4 is 15.1 Å². The van der Waals surface area contributed by atoms with Crippen LogP contribution in [0.25, 0.3) is 11.3 Å². The lowest BCUT2D eigenvalue weighted by Gasteiger charge is -2.26. The molecular weight excluding hydrogens is 425 g/mol. The fourth-order valence-electron chi connectivity index (χ4n) is 3.86. The van der Waals surface area contributed by atoms with E-state index in [1.807, 2.05) is 0 Å². The van der Waals surface area contributed by atoms with Gasteiger partial charge in [-0.25, -0.2) is 29.3 Å². The van der Waals surface area contributed by atoms with Gasteiger partial charge in [-0.3, -0.25) is 0 Å². The van der Waals surface area contributed by atoms with Crippen molar-refractivity contribution in [3.05, 3.63) is 42.5 Å². The van der Waals surface area contributed by atoms with E-state index in [2.05, 4.69) is 41.2 Å². The Labute approximate surface area is 190 Å². The smallest absolute Gasteiger partial charge is 0.227 e. The first-order valence-corrected chi connectivity index (χ1v) is 10.7. The van der Waals surface area contributed by atoms with E-state index < -0.39 is 6.17 Å². The van der Waals surface area contributed by atoms with Crippen LogP contribution in [0.5, 0.6) is 0 Å². The third-order valence-corrected chi connectivity index (χ3v) is 5.56. The van der Waals surface area contributed by atoms with Gasteiger partial charge in [0.15, 0.2) is 0 Å². The van der Waals surface area contributed by atoms with Gasteiger partial charge in [-0.15, -0.1) is 0 Å². The van der Waals surface area contributed by atoms with Gasteiger partial charge in [0.05, 0.1) is 49.1 Å². The molecule has 11 heteroatoms. The second-order valence-electron chi connectivity index (χ2n) is 7.80. The van der Waals surface area contributed by atoms with Crippen molar-refractivity contribution < 1.29 is 9.13 Å². The summed E-state index contributed by atoms with van der Waals surface area (Å²) in [7, 11) is 0. The zero-order valence-electron chi connectivity index (χ0n) is 17.9. The summed E-state index contributed by atoms with van der Waals surface area (Å²) in [6.45, 7) is 3.68. The molecule has 33 heavy (non-hydrogen) atoms. The van der Waals surface area contributed by atoms with Crippen molar-refractivity contribution in [3.63, 3.8) is 0 Å². The second kappa shape index (κ2) is 9.30. The number of nitrogens with zero attached hydrogens (tertiary/aromatic N) is 8. The number of nitrogens with one attached hydrogen (secondary N) is 1. The Kier molecular flexibility index (Phi) is 5.91. The minimum atomic E-state index is -0.888. The molecule has 5 rings (SSSR count). The maximum Gasteiger partial charge on any atom is 0.227 e. The van der Waals surface area contributed by atoms with Gasteiger partial charge in [0.2, 0.25) is 11.9 Å². The monoisotopic (exact) mass is 447 g/mol. The number of hydrogen-bond acceptors (Lipinski definition) is 10. The second-order valence-corrected chi connectivity index (χ2v) is 7.80. The Morgan fingerprint density at radius 3 is 2.61 bits per heavy atom. The summed E-state index contributed by atoms with van der Waals surface area (Å²) in [5.74, 6) is 1.54. The largest absolute Gasteiger partial charge is 0.378 e. The average molecular weight is 447 g/mol. The highest BCUT2D eigenvalue weighted by Crippen LogP contribution is 2.27. The summed E-state index contributed by atoms with van der Waals surface area (Å²) in [5, 5.41) is 12.7. The number of hydrogen-bond donors (Lipinski definition) is 1. The quantitative estimate of drug-likeness (QED) is 0.625. The molecule has 0 aromatic carbocycles. The van der Waals surface area contributed by atoms with E-state index in [-0.39, 0.29) is 6.54 Å². The minimum Gasteiger partial charge on any atom is -0.378 e. The molecule has 2 aliphatic heterocycles. The van der Waals surface area contributed by atoms with Gasteiger partial charge in [0.25, 0.3) is 0 Å². The van der Waals surface area contributed by atoms with Crippen molar-refractivity contribution in [3.8, 4) is 17.3 Å². The Balaban J connectivity index is 1.32. The van der Waals surface area contributed by atoms with Crippen molar-refractivity contribution in [2.24, 2.45) is 0 Å². The van der Waals surface area contributed by atoms with E-state index in [1.54, 1.807) is 41.8 Å². The zero-order chi connectivity index (χ0) is 22.6. The molecule has 3 aromatic heterocycles. The van der Waals surface area contributed by atoms with Crippen molar-refractivity contribution in [2.75, 3.05) is 54.5 Å². The summed E-state index contributed by atoms with van der Waals surface area (Å²) in [6, 6.07) is 5.64. The Hall–Kier alpha value is -3.91. The molecule has 2 saturated heterocycles. The number of aromatic nitrogens is 5. The number of pyridine rings is 1. The summed E-state index contributed by atoms with van der Waals surface area (Å²) in [6.07, 6.45) is 6.21. The molecule has 0 saturated carbocycles. The third-order valence-electron chi connectivity index (χ3n) is 5.56. The molecule has 0 unspecified atom stereocenters. The van der Waals surface area contributed by atoms with Crippen LogP contribution in [-0.4, -0.2) is 70.5 Å². The van der Waals surface area contributed by atoms with Crippen LogP contribution >= 0.6 is 0 Å². The van der Waals surface area contributed by atoms with Gasteiger partial charge in [-0.1, -0.05) is 0 Å². The number of morpholine rings is 1. The van der Waals surface area contributed by atoms with Crippen LogP contribution in [0.4, 0.5) is 27.8 Å². The van der Waals surface area contributed by atoms with Crippen LogP contribution in [0.1, 0.15) is 12.0 Å². The molecule has 0 aliphatic carbocycles. The Bertz CT molecular complexity index is 1160. The highest BCUT2D eigenvalue weighted by Gasteiger charge is 2.25. The fraction of sp³-hybridized carbons (Fsp3) is 0.364. The number of halogens is 1. The molecule has 0 bridgehead atoms. The van der Waals surface area contributed by atoms with Gasteiger partial charge in [0, 0.05) is 37.6 Å². The normalized spacial score (nSPS) is 18.2. The predicted molar refractivity (Wildman–Crippen MR) is 120 cm³/mol. The van der Waals surface area contributed by atoms with E-state index in [1.165, 1.54) is 0 Å². The average Bonchev–Trinajstić information content (AvgIpc) is 3.31. The molecule has 0 radical (unpaired) electrons. The lowest BCUT2D eigenvalue weighted by molar-refractivity contribution is 0.122. The molecule has 2 fully saturated rings. The lowest BCUT2D eigenvalue weighted by Crippen LogP contribution is -2.37.